The molecule has 6 nitrogen and oxygen atoms in total. The van der Waals surface area contributed by atoms with Crippen molar-refractivity contribution < 1.29 is 9.59 Å². The minimum absolute atomic E-state index is 0.0440. The molecule has 2 fully saturated rings. The SMILES string of the molecule is CNC(=O)CN1CCC(NC(=O)CC2(N)CCC2)CC1. The lowest BCUT2D eigenvalue weighted by atomic mass is 9.75. The van der Waals surface area contributed by atoms with Gasteiger partial charge in [0.25, 0.3) is 0 Å². The highest BCUT2D eigenvalue weighted by atomic mass is 16.2. The molecule has 0 atom stereocenters. The molecule has 2 rings (SSSR count). The van der Waals surface area contributed by atoms with Crippen LogP contribution in [0.4, 0.5) is 0 Å². The number of nitrogens with two attached hydrogens (primary N) is 1. The quantitative estimate of drug-likeness (QED) is 0.639. The molecule has 0 bridgehead atoms. The number of hydrogen-bond acceptors (Lipinski definition) is 4. The number of carbonyl (C=O) groups is 2. The summed E-state index contributed by atoms with van der Waals surface area (Å²) in [4.78, 5) is 25.4. The molecule has 1 aliphatic heterocycles. The van der Waals surface area contributed by atoms with Crippen molar-refractivity contribution in [1.82, 2.24) is 15.5 Å². The molecule has 1 aliphatic carbocycles. The Morgan fingerprint density at radius 3 is 2.40 bits per heavy atom. The maximum atomic E-state index is 12.0. The highest BCUT2D eigenvalue weighted by Gasteiger charge is 2.35. The van der Waals surface area contributed by atoms with E-state index in [0.717, 1.165) is 45.2 Å². The minimum atomic E-state index is -0.246. The van der Waals surface area contributed by atoms with Crippen molar-refractivity contribution in [2.24, 2.45) is 5.73 Å². The molecular weight excluding hydrogens is 256 g/mol. The van der Waals surface area contributed by atoms with E-state index in [9.17, 15) is 9.59 Å². The average molecular weight is 282 g/mol. The van der Waals surface area contributed by atoms with E-state index in [1.54, 1.807) is 7.05 Å². The van der Waals surface area contributed by atoms with Crippen LogP contribution in [0.2, 0.25) is 0 Å². The van der Waals surface area contributed by atoms with E-state index < -0.39 is 0 Å². The molecule has 1 saturated heterocycles. The molecule has 0 radical (unpaired) electrons. The first-order chi connectivity index (χ1) is 9.50. The summed E-state index contributed by atoms with van der Waals surface area (Å²) in [6.45, 7) is 2.15. The Hall–Kier alpha value is -1.14. The number of carbonyl (C=O) groups excluding carboxylic acids is 2. The lowest BCUT2D eigenvalue weighted by Gasteiger charge is -2.38. The summed E-state index contributed by atoms with van der Waals surface area (Å²) in [6, 6.07) is 0.229. The molecule has 4 N–H and O–H groups in total. The van der Waals surface area contributed by atoms with Gasteiger partial charge in [-0.3, -0.25) is 14.5 Å². The summed E-state index contributed by atoms with van der Waals surface area (Å²) < 4.78 is 0. The van der Waals surface area contributed by atoms with E-state index in [0.29, 0.717) is 13.0 Å². The van der Waals surface area contributed by atoms with E-state index in [4.69, 9.17) is 5.73 Å². The lowest BCUT2D eigenvalue weighted by Crippen LogP contribution is -2.52. The van der Waals surface area contributed by atoms with Crippen LogP contribution in [0.1, 0.15) is 38.5 Å². The molecule has 0 aromatic carbocycles. The van der Waals surface area contributed by atoms with Crippen LogP contribution in [0.3, 0.4) is 0 Å². The number of likely N-dealkylation sites (tertiary alicyclic amines) is 1. The third-order valence-electron chi connectivity index (χ3n) is 4.46. The van der Waals surface area contributed by atoms with Crippen molar-refractivity contribution in [3.05, 3.63) is 0 Å². The van der Waals surface area contributed by atoms with E-state index >= 15 is 0 Å². The fourth-order valence-corrected chi connectivity index (χ4v) is 2.92. The van der Waals surface area contributed by atoms with Gasteiger partial charge in [0.2, 0.25) is 11.8 Å². The predicted molar refractivity (Wildman–Crippen MR) is 77.1 cm³/mol. The standard InChI is InChI=1S/C14H26N4O2/c1-16-13(20)10-18-7-3-11(4-8-18)17-12(19)9-14(15)5-2-6-14/h11H,2-10,15H2,1H3,(H,16,20)(H,17,19). The summed E-state index contributed by atoms with van der Waals surface area (Å²) >= 11 is 0. The van der Waals surface area contributed by atoms with Gasteiger partial charge in [-0.25, -0.2) is 0 Å². The van der Waals surface area contributed by atoms with Crippen molar-refractivity contribution >= 4 is 11.8 Å². The van der Waals surface area contributed by atoms with E-state index in [1.165, 1.54) is 0 Å². The maximum absolute atomic E-state index is 12.0. The topological polar surface area (TPSA) is 87.5 Å². The number of hydrogen-bond donors (Lipinski definition) is 3. The van der Waals surface area contributed by atoms with Crippen LogP contribution in [0.5, 0.6) is 0 Å². The predicted octanol–water partition coefficient (Wildman–Crippen LogP) is -0.415. The van der Waals surface area contributed by atoms with Gasteiger partial charge >= 0.3 is 0 Å². The normalized spacial score (nSPS) is 22.9. The minimum Gasteiger partial charge on any atom is -0.358 e. The zero-order valence-corrected chi connectivity index (χ0v) is 12.3. The average Bonchev–Trinajstić information content (AvgIpc) is 2.39. The third-order valence-corrected chi connectivity index (χ3v) is 4.46. The summed E-state index contributed by atoms with van der Waals surface area (Å²) in [5.74, 6) is 0.125. The fourth-order valence-electron chi connectivity index (χ4n) is 2.92. The molecule has 1 heterocycles. The van der Waals surface area contributed by atoms with Gasteiger partial charge in [0.05, 0.1) is 6.54 Å². The molecule has 0 aromatic rings. The Balaban J connectivity index is 1.66. The summed E-state index contributed by atoms with van der Waals surface area (Å²) in [5.41, 5.74) is 5.84. The van der Waals surface area contributed by atoms with Crippen LogP contribution in [-0.2, 0) is 9.59 Å². The molecule has 6 heteroatoms. The first kappa shape index (κ1) is 15.3. The van der Waals surface area contributed by atoms with E-state index in [1.807, 2.05) is 0 Å². The summed E-state index contributed by atoms with van der Waals surface area (Å²) in [6.07, 6.45) is 5.32. The molecule has 114 valence electrons. The molecule has 2 amide bonds. The second kappa shape index (κ2) is 6.54. The molecule has 2 aliphatic rings. The largest absolute Gasteiger partial charge is 0.358 e. The van der Waals surface area contributed by atoms with Gasteiger partial charge in [0.15, 0.2) is 0 Å². The number of amides is 2. The van der Waals surface area contributed by atoms with Gasteiger partial charge < -0.3 is 16.4 Å². The number of nitrogens with one attached hydrogen (secondary N) is 2. The third kappa shape index (κ3) is 4.18. The van der Waals surface area contributed by atoms with Crippen molar-refractivity contribution in [1.29, 1.82) is 0 Å². The van der Waals surface area contributed by atoms with Gasteiger partial charge in [-0.05, 0) is 32.1 Å². The maximum Gasteiger partial charge on any atom is 0.233 e. The van der Waals surface area contributed by atoms with Crippen molar-refractivity contribution in [3.8, 4) is 0 Å². The number of nitrogens with zero attached hydrogens (tertiary/aromatic N) is 1. The highest BCUT2D eigenvalue weighted by molar-refractivity contribution is 5.78. The first-order valence-electron chi connectivity index (χ1n) is 7.52. The van der Waals surface area contributed by atoms with Crippen LogP contribution in [0.25, 0.3) is 0 Å². The van der Waals surface area contributed by atoms with Crippen molar-refractivity contribution in [2.45, 2.75) is 50.1 Å². The number of piperidine rings is 1. The van der Waals surface area contributed by atoms with Crippen LogP contribution in [0.15, 0.2) is 0 Å². The second-order valence-corrected chi connectivity index (χ2v) is 6.18. The van der Waals surface area contributed by atoms with E-state index in [2.05, 4.69) is 15.5 Å². The molecule has 20 heavy (non-hydrogen) atoms. The Labute approximate surface area is 120 Å². The van der Waals surface area contributed by atoms with Crippen LogP contribution < -0.4 is 16.4 Å². The first-order valence-corrected chi connectivity index (χ1v) is 7.52. The van der Waals surface area contributed by atoms with Crippen molar-refractivity contribution in [2.75, 3.05) is 26.7 Å². The Bertz CT molecular complexity index is 360. The molecule has 0 unspecified atom stereocenters. The second-order valence-electron chi connectivity index (χ2n) is 6.18. The van der Waals surface area contributed by atoms with Crippen LogP contribution >= 0.6 is 0 Å². The zero-order chi connectivity index (χ0) is 14.6. The van der Waals surface area contributed by atoms with Crippen LogP contribution in [0, 0.1) is 0 Å². The van der Waals surface area contributed by atoms with Crippen molar-refractivity contribution in [3.63, 3.8) is 0 Å². The number of rotatable bonds is 5. The molecule has 0 aromatic heterocycles. The van der Waals surface area contributed by atoms with Gasteiger partial charge in [-0.1, -0.05) is 0 Å². The monoisotopic (exact) mass is 282 g/mol. The summed E-state index contributed by atoms with van der Waals surface area (Å²) in [5, 5.41) is 5.71. The Morgan fingerprint density at radius 2 is 1.90 bits per heavy atom. The van der Waals surface area contributed by atoms with Gasteiger partial charge in [0.1, 0.15) is 0 Å². The van der Waals surface area contributed by atoms with Gasteiger partial charge in [-0.2, -0.15) is 0 Å². The lowest BCUT2D eigenvalue weighted by molar-refractivity contribution is -0.125. The van der Waals surface area contributed by atoms with Gasteiger partial charge in [-0.15, -0.1) is 0 Å². The van der Waals surface area contributed by atoms with Gasteiger partial charge in [0, 0.05) is 38.1 Å². The number of likely N-dealkylation sites (N-methyl/N-ethyl adjacent to an activating group) is 1. The smallest absolute Gasteiger partial charge is 0.233 e. The van der Waals surface area contributed by atoms with E-state index in [-0.39, 0.29) is 23.4 Å². The molecule has 1 saturated carbocycles. The summed E-state index contributed by atoms with van der Waals surface area (Å²) in [7, 11) is 1.65. The molecular formula is C14H26N4O2. The van der Waals surface area contributed by atoms with Crippen LogP contribution in [-0.4, -0.2) is 55.0 Å². The Kier molecular flexibility index (Phi) is 4.99. The highest BCUT2D eigenvalue weighted by Crippen LogP contribution is 2.32. The zero-order valence-electron chi connectivity index (χ0n) is 12.3. The molecule has 0 spiro atoms. The fraction of sp³-hybridized carbons (Fsp3) is 0.857. The Morgan fingerprint density at radius 1 is 1.25 bits per heavy atom.